The number of β-amino-alcohol motifs (C(OH)–C–C–N with tert-alkyl or cyclic N) is 1. The maximum absolute atomic E-state index is 10.4. The molecule has 1 aromatic carbocycles. The lowest BCUT2D eigenvalue weighted by Gasteiger charge is -2.37. The van der Waals surface area contributed by atoms with E-state index in [-0.39, 0.29) is 6.61 Å². The SMILES string of the molecule is CCN1CCN(C[C@H](O)COc2ccc(CN3CCN(C(C)C)CC3)cc2OC)CC1. The highest BCUT2D eigenvalue weighted by molar-refractivity contribution is 5.43. The molecule has 2 aliphatic rings. The third-order valence-corrected chi connectivity index (χ3v) is 6.58. The topological polar surface area (TPSA) is 51.7 Å². The molecule has 31 heavy (non-hydrogen) atoms. The molecular formula is C24H42N4O3. The van der Waals surface area contributed by atoms with Crippen molar-refractivity contribution in [1.82, 2.24) is 19.6 Å². The van der Waals surface area contributed by atoms with Crippen LogP contribution in [0.5, 0.6) is 11.5 Å². The van der Waals surface area contributed by atoms with Gasteiger partial charge in [0.05, 0.1) is 7.11 Å². The van der Waals surface area contributed by atoms with Crippen LogP contribution in [0.3, 0.4) is 0 Å². The van der Waals surface area contributed by atoms with Gasteiger partial charge in [-0.05, 0) is 38.1 Å². The summed E-state index contributed by atoms with van der Waals surface area (Å²) in [6, 6.07) is 6.78. The van der Waals surface area contributed by atoms with E-state index in [1.807, 2.05) is 6.07 Å². The van der Waals surface area contributed by atoms with Gasteiger partial charge in [-0.3, -0.25) is 14.7 Å². The molecule has 176 valence electrons. The Balaban J connectivity index is 1.45. The first-order valence-corrected chi connectivity index (χ1v) is 11.9. The van der Waals surface area contributed by atoms with Gasteiger partial charge in [0.15, 0.2) is 11.5 Å². The van der Waals surface area contributed by atoms with Crippen molar-refractivity contribution in [3.8, 4) is 11.5 Å². The number of hydrogen-bond donors (Lipinski definition) is 1. The second-order valence-electron chi connectivity index (χ2n) is 9.09. The van der Waals surface area contributed by atoms with E-state index < -0.39 is 6.10 Å². The molecule has 7 nitrogen and oxygen atoms in total. The quantitative estimate of drug-likeness (QED) is 0.600. The molecule has 7 heteroatoms. The zero-order chi connectivity index (χ0) is 22.2. The predicted molar refractivity (Wildman–Crippen MR) is 125 cm³/mol. The molecule has 1 N–H and O–H groups in total. The fourth-order valence-corrected chi connectivity index (χ4v) is 4.45. The molecule has 1 atom stereocenters. The lowest BCUT2D eigenvalue weighted by atomic mass is 10.1. The van der Waals surface area contributed by atoms with E-state index in [0.717, 1.165) is 71.2 Å². The number of piperazine rings is 2. The second-order valence-corrected chi connectivity index (χ2v) is 9.09. The molecule has 0 amide bonds. The lowest BCUT2D eigenvalue weighted by Crippen LogP contribution is -2.49. The van der Waals surface area contributed by atoms with Crippen LogP contribution >= 0.6 is 0 Å². The van der Waals surface area contributed by atoms with E-state index in [4.69, 9.17) is 9.47 Å². The normalized spacial score (nSPS) is 20.8. The van der Waals surface area contributed by atoms with Gasteiger partial charge in [-0.15, -0.1) is 0 Å². The number of aliphatic hydroxyl groups is 1. The molecule has 2 heterocycles. The van der Waals surface area contributed by atoms with Crippen LogP contribution in [-0.4, -0.2) is 116 Å². The van der Waals surface area contributed by atoms with Crippen molar-refractivity contribution in [3.05, 3.63) is 23.8 Å². The number of aliphatic hydroxyl groups excluding tert-OH is 1. The fourth-order valence-electron chi connectivity index (χ4n) is 4.45. The van der Waals surface area contributed by atoms with Gasteiger partial charge in [-0.1, -0.05) is 13.0 Å². The van der Waals surface area contributed by atoms with Gasteiger partial charge >= 0.3 is 0 Å². The van der Waals surface area contributed by atoms with Gasteiger partial charge in [0.25, 0.3) is 0 Å². The van der Waals surface area contributed by atoms with Crippen molar-refractivity contribution < 1.29 is 14.6 Å². The van der Waals surface area contributed by atoms with Crippen molar-refractivity contribution in [2.24, 2.45) is 0 Å². The Morgan fingerprint density at radius 3 is 2.16 bits per heavy atom. The number of nitrogens with zero attached hydrogens (tertiary/aromatic N) is 4. The van der Waals surface area contributed by atoms with Crippen LogP contribution in [0.15, 0.2) is 18.2 Å². The highest BCUT2D eigenvalue weighted by atomic mass is 16.5. The Labute approximate surface area is 188 Å². The number of ether oxygens (including phenoxy) is 2. The minimum atomic E-state index is -0.505. The Bertz CT molecular complexity index is 656. The molecular weight excluding hydrogens is 392 g/mol. The Kier molecular flexibility index (Phi) is 9.41. The van der Waals surface area contributed by atoms with Crippen LogP contribution in [0.1, 0.15) is 26.3 Å². The van der Waals surface area contributed by atoms with E-state index in [9.17, 15) is 5.11 Å². The van der Waals surface area contributed by atoms with E-state index in [2.05, 4.69) is 52.5 Å². The Morgan fingerprint density at radius 1 is 0.903 bits per heavy atom. The largest absolute Gasteiger partial charge is 0.493 e. The van der Waals surface area contributed by atoms with Gasteiger partial charge in [0.2, 0.25) is 0 Å². The molecule has 2 saturated heterocycles. The predicted octanol–water partition coefficient (Wildman–Crippen LogP) is 1.60. The molecule has 0 unspecified atom stereocenters. The van der Waals surface area contributed by atoms with Crippen molar-refractivity contribution >= 4 is 0 Å². The maximum atomic E-state index is 10.4. The number of benzene rings is 1. The van der Waals surface area contributed by atoms with Crippen molar-refractivity contribution in [2.75, 3.05) is 79.2 Å². The summed E-state index contributed by atoms with van der Waals surface area (Å²) in [7, 11) is 1.68. The van der Waals surface area contributed by atoms with Gasteiger partial charge in [0.1, 0.15) is 12.7 Å². The summed E-state index contributed by atoms with van der Waals surface area (Å²) in [6.07, 6.45) is -0.505. The summed E-state index contributed by atoms with van der Waals surface area (Å²) in [5, 5.41) is 10.4. The van der Waals surface area contributed by atoms with Crippen molar-refractivity contribution in [1.29, 1.82) is 0 Å². The first-order valence-electron chi connectivity index (χ1n) is 11.9. The van der Waals surface area contributed by atoms with Gasteiger partial charge in [-0.2, -0.15) is 0 Å². The van der Waals surface area contributed by atoms with Crippen LogP contribution in [-0.2, 0) is 6.54 Å². The summed E-state index contributed by atoms with van der Waals surface area (Å²) in [5.74, 6) is 1.44. The molecule has 1 aromatic rings. The lowest BCUT2D eigenvalue weighted by molar-refractivity contribution is 0.0464. The zero-order valence-electron chi connectivity index (χ0n) is 19.9. The fraction of sp³-hybridized carbons (Fsp3) is 0.750. The summed E-state index contributed by atoms with van der Waals surface area (Å²) in [4.78, 5) is 9.79. The van der Waals surface area contributed by atoms with Crippen LogP contribution in [0.25, 0.3) is 0 Å². The summed E-state index contributed by atoms with van der Waals surface area (Å²) >= 11 is 0. The standard InChI is InChI=1S/C24H42N4O3/c1-5-25-8-10-27(11-9-25)18-22(29)19-31-23-7-6-21(16-24(23)30-4)17-26-12-14-28(15-13-26)20(2)3/h6-7,16,20,22,29H,5,8-15,17-19H2,1-4H3/t22-/m0/s1. The average Bonchev–Trinajstić information content (AvgIpc) is 2.79. The molecule has 0 aliphatic carbocycles. The number of likely N-dealkylation sites (N-methyl/N-ethyl adjacent to an activating group) is 1. The molecule has 2 aliphatic heterocycles. The summed E-state index contributed by atoms with van der Waals surface area (Å²) in [5.41, 5.74) is 1.23. The third kappa shape index (κ3) is 7.32. The van der Waals surface area contributed by atoms with Crippen LogP contribution in [0.2, 0.25) is 0 Å². The van der Waals surface area contributed by atoms with Gasteiger partial charge < -0.3 is 19.5 Å². The van der Waals surface area contributed by atoms with Crippen LogP contribution < -0.4 is 9.47 Å². The van der Waals surface area contributed by atoms with Crippen molar-refractivity contribution in [3.63, 3.8) is 0 Å². The van der Waals surface area contributed by atoms with E-state index in [0.29, 0.717) is 18.3 Å². The molecule has 0 aromatic heterocycles. The minimum Gasteiger partial charge on any atom is -0.493 e. The number of hydrogen-bond acceptors (Lipinski definition) is 7. The highest BCUT2D eigenvalue weighted by Gasteiger charge is 2.20. The first-order chi connectivity index (χ1) is 15.0. The third-order valence-electron chi connectivity index (χ3n) is 6.58. The monoisotopic (exact) mass is 434 g/mol. The molecule has 0 spiro atoms. The first kappa shape index (κ1) is 24.3. The smallest absolute Gasteiger partial charge is 0.161 e. The van der Waals surface area contributed by atoms with E-state index in [1.54, 1.807) is 7.11 Å². The van der Waals surface area contributed by atoms with Gasteiger partial charge in [0, 0.05) is 71.5 Å². The summed E-state index contributed by atoms with van der Waals surface area (Å²) in [6.45, 7) is 18.3. The van der Waals surface area contributed by atoms with Crippen LogP contribution in [0, 0.1) is 0 Å². The maximum Gasteiger partial charge on any atom is 0.161 e. The zero-order valence-corrected chi connectivity index (χ0v) is 19.9. The van der Waals surface area contributed by atoms with E-state index >= 15 is 0 Å². The average molecular weight is 435 g/mol. The number of methoxy groups -OCH3 is 1. The van der Waals surface area contributed by atoms with Crippen molar-refractivity contribution in [2.45, 2.75) is 39.5 Å². The highest BCUT2D eigenvalue weighted by Crippen LogP contribution is 2.29. The Morgan fingerprint density at radius 2 is 1.55 bits per heavy atom. The van der Waals surface area contributed by atoms with Crippen LogP contribution in [0.4, 0.5) is 0 Å². The summed E-state index contributed by atoms with van der Waals surface area (Å²) < 4.78 is 11.5. The molecule has 2 fully saturated rings. The van der Waals surface area contributed by atoms with E-state index in [1.165, 1.54) is 5.56 Å². The Hall–Kier alpha value is -1.38. The number of rotatable bonds is 10. The molecule has 0 radical (unpaired) electrons. The molecule has 3 rings (SSSR count). The minimum absolute atomic E-state index is 0.279. The molecule has 0 bridgehead atoms. The molecule has 0 saturated carbocycles. The second kappa shape index (κ2) is 12.0. The van der Waals surface area contributed by atoms with Gasteiger partial charge in [-0.25, -0.2) is 0 Å².